The number of pyridine rings is 1. The quantitative estimate of drug-likeness (QED) is 0.646. The minimum Gasteiger partial charge on any atom is -0.465 e. The predicted octanol–water partition coefficient (Wildman–Crippen LogP) is 1.50. The van der Waals surface area contributed by atoms with Gasteiger partial charge in [0.2, 0.25) is 0 Å². The highest BCUT2D eigenvalue weighted by molar-refractivity contribution is 6.00. The van der Waals surface area contributed by atoms with E-state index in [1.54, 1.807) is 18.3 Å². The van der Waals surface area contributed by atoms with E-state index in [9.17, 15) is 9.59 Å². The number of hydrogen-bond acceptors (Lipinski definition) is 4. The molecule has 1 aromatic rings. The van der Waals surface area contributed by atoms with Gasteiger partial charge < -0.3 is 21.1 Å². The van der Waals surface area contributed by atoms with E-state index >= 15 is 0 Å². The molecule has 0 aliphatic rings. The Morgan fingerprint density at radius 3 is 2.68 bits per heavy atom. The van der Waals surface area contributed by atoms with E-state index in [4.69, 9.17) is 5.11 Å². The van der Waals surface area contributed by atoms with E-state index in [2.05, 4.69) is 20.9 Å². The van der Waals surface area contributed by atoms with E-state index < -0.39 is 17.5 Å². The fourth-order valence-corrected chi connectivity index (χ4v) is 1.43. The largest absolute Gasteiger partial charge is 0.465 e. The van der Waals surface area contributed by atoms with Crippen molar-refractivity contribution in [1.82, 2.24) is 10.3 Å². The standard InChI is InChI=1S/C12H18N4O3/c1-4-13-8-6-5-7-14-9(8)15-10(17)12(2,3)16-11(18)19/h5-7,13,16H,4H2,1-3H3,(H,18,19)(H,14,15,17). The van der Waals surface area contributed by atoms with E-state index in [0.29, 0.717) is 18.1 Å². The first-order valence-electron chi connectivity index (χ1n) is 5.88. The zero-order valence-electron chi connectivity index (χ0n) is 11.2. The lowest BCUT2D eigenvalue weighted by Gasteiger charge is -2.23. The highest BCUT2D eigenvalue weighted by Crippen LogP contribution is 2.19. The number of aromatic nitrogens is 1. The van der Waals surface area contributed by atoms with Crippen molar-refractivity contribution in [3.8, 4) is 0 Å². The Labute approximate surface area is 111 Å². The number of anilines is 2. The number of nitrogens with zero attached hydrogens (tertiary/aromatic N) is 1. The predicted molar refractivity (Wildman–Crippen MR) is 72.3 cm³/mol. The molecule has 0 aliphatic carbocycles. The van der Waals surface area contributed by atoms with Crippen LogP contribution in [0.4, 0.5) is 16.3 Å². The van der Waals surface area contributed by atoms with Gasteiger partial charge in [-0.15, -0.1) is 0 Å². The van der Waals surface area contributed by atoms with Gasteiger partial charge in [-0.2, -0.15) is 0 Å². The number of nitrogens with one attached hydrogen (secondary N) is 3. The monoisotopic (exact) mass is 266 g/mol. The zero-order valence-corrected chi connectivity index (χ0v) is 11.2. The van der Waals surface area contributed by atoms with Crippen molar-refractivity contribution in [1.29, 1.82) is 0 Å². The number of carboxylic acid groups (broad SMARTS) is 1. The molecule has 1 aromatic heterocycles. The number of carbonyl (C=O) groups excluding carboxylic acids is 1. The van der Waals surface area contributed by atoms with Crippen LogP contribution in [-0.4, -0.2) is 34.2 Å². The average molecular weight is 266 g/mol. The summed E-state index contributed by atoms with van der Waals surface area (Å²) in [5, 5.41) is 16.5. The summed E-state index contributed by atoms with van der Waals surface area (Å²) in [5.74, 6) is -0.109. The lowest BCUT2D eigenvalue weighted by molar-refractivity contribution is -0.121. The lowest BCUT2D eigenvalue weighted by atomic mass is 10.1. The molecule has 7 nitrogen and oxygen atoms in total. The van der Waals surface area contributed by atoms with Crippen molar-refractivity contribution in [2.24, 2.45) is 0 Å². The first-order valence-corrected chi connectivity index (χ1v) is 5.88. The normalized spacial score (nSPS) is 10.7. The van der Waals surface area contributed by atoms with Crippen molar-refractivity contribution in [3.05, 3.63) is 18.3 Å². The summed E-state index contributed by atoms with van der Waals surface area (Å²) in [6, 6.07) is 3.53. The minimum absolute atomic E-state index is 0.370. The summed E-state index contributed by atoms with van der Waals surface area (Å²) in [6.45, 7) is 5.57. The maximum atomic E-state index is 12.0. The van der Waals surface area contributed by atoms with Gasteiger partial charge in [0.1, 0.15) is 5.54 Å². The van der Waals surface area contributed by atoms with Crippen LogP contribution in [0.15, 0.2) is 18.3 Å². The lowest BCUT2D eigenvalue weighted by Crippen LogP contribution is -2.52. The van der Waals surface area contributed by atoms with Gasteiger partial charge in [-0.25, -0.2) is 9.78 Å². The third-order valence-electron chi connectivity index (χ3n) is 2.39. The van der Waals surface area contributed by atoms with E-state index in [1.165, 1.54) is 13.8 Å². The van der Waals surface area contributed by atoms with Crippen LogP contribution < -0.4 is 16.0 Å². The van der Waals surface area contributed by atoms with E-state index in [-0.39, 0.29) is 0 Å². The molecule has 104 valence electrons. The van der Waals surface area contributed by atoms with Gasteiger partial charge >= 0.3 is 6.09 Å². The van der Waals surface area contributed by atoms with Crippen LogP contribution in [0, 0.1) is 0 Å². The van der Waals surface area contributed by atoms with Crippen molar-refractivity contribution in [2.75, 3.05) is 17.2 Å². The van der Waals surface area contributed by atoms with Crippen LogP contribution in [0.1, 0.15) is 20.8 Å². The molecule has 0 atom stereocenters. The summed E-state index contributed by atoms with van der Waals surface area (Å²) in [5.41, 5.74) is -0.559. The molecule has 0 aromatic carbocycles. The molecule has 2 amide bonds. The molecule has 0 saturated carbocycles. The first-order chi connectivity index (χ1) is 8.86. The Balaban J connectivity index is 2.84. The second-order valence-corrected chi connectivity index (χ2v) is 4.44. The molecular weight excluding hydrogens is 248 g/mol. The Bertz CT molecular complexity index is 474. The van der Waals surface area contributed by atoms with Crippen LogP contribution in [-0.2, 0) is 4.79 Å². The van der Waals surface area contributed by atoms with Gasteiger partial charge in [-0.05, 0) is 32.9 Å². The van der Waals surface area contributed by atoms with Crippen molar-refractivity contribution in [3.63, 3.8) is 0 Å². The second-order valence-electron chi connectivity index (χ2n) is 4.44. The number of hydrogen-bond donors (Lipinski definition) is 4. The number of amides is 2. The van der Waals surface area contributed by atoms with Crippen LogP contribution in [0.3, 0.4) is 0 Å². The van der Waals surface area contributed by atoms with Crippen molar-refractivity contribution in [2.45, 2.75) is 26.3 Å². The fraction of sp³-hybridized carbons (Fsp3) is 0.417. The Morgan fingerprint density at radius 1 is 1.42 bits per heavy atom. The highest BCUT2D eigenvalue weighted by Gasteiger charge is 2.30. The van der Waals surface area contributed by atoms with Gasteiger partial charge in [-0.3, -0.25) is 4.79 Å². The van der Waals surface area contributed by atoms with Gasteiger partial charge in [-0.1, -0.05) is 0 Å². The number of carbonyl (C=O) groups is 2. The van der Waals surface area contributed by atoms with Crippen LogP contribution in [0.2, 0.25) is 0 Å². The molecule has 19 heavy (non-hydrogen) atoms. The van der Waals surface area contributed by atoms with Crippen LogP contribution in [0.25, 0.3) is 0 Å². The summed E-state index contributed by atoms with van der Waals surface area (Å²) in [7, 11) is 0. The Kier molecular flexibility index (Phi) is 4.68. The van der Waals surface area contributed by atoms with Crippen molar-refractivity contribution < 1.29 is 14.7 Å². The molecule has 0 saturated heterocycles. The van der Waals surface area contributed by atoms with Crippen molar-refractivity contribution >= 4 is 23.5 Å². The SMILES string of the molecule is CCNc1cccnc1NC(=O)C(C)(C)NC(=O)O. The maximum absolute atomic E-state index is 12.0. The third kappa shape index (κ3) is 4.13. The molecule has 0 radical (unpaired) electrons. The first kappa shape index (κ1) is 14.7. The topological polar surface area (TPSA) is 103 Å². The molecule has 0 bridgehead atoms. The Hall–Kier alpha value is -2.31. The van der Waals surface area contributed by atoms with Crippen LogP contribution >= 0.6 is 0 Å². The zero-order chi connectivity index (χ0) is 14.5. The van der Waals surface area contributed by atoms with Gasteiger partial charge in [0.05, 0.1) is 5.69 Å². The third-order valence-corrected chi connectivity index (χ3v) is 2.39. The molecule has 0 aliphatic heterocycles. The summed E-state index contributed by atoms with van der Waals surface area (Å²) in [6.07, 6.45) is 0.293. The fourth-order valence-electron chi connectivity index (χ4n) is 1.43. The summed E-state index contributed by atoms with van der Waals surface area (Å²) >= 11 is 0. The smallest absolute Gasteiger partial charge is 0.405 e. The Morgan fingerprint density at radius 2 is 2.11 bits per heavy atom. The molecule has 0 fully saturated rings. The highest BCUT2D eigenvalue weighted by atomic mass is 16.4. The molecule has 4 N–H and O–H groups in total. The second kappa shape index (κ2) is 6.03. The van der Waals surface area contributed by atoms with E-state index in [1.807, 2.05) is 6.92 Å². The molecule has 7 heteroatoms. The van der Waals surface area contributed by atoms with Gasteiger partial charge in [0, 0.05) is 12.7 Å². The van der Waals surface area contributed by atoms with Gasteiger partial charge in [0.15, 0.2) is 5.82 Å². The molecule has 1 heterocycles. The number of rotatable bonds is 5. The molecule has 0 spiro atoms. The minimum atomic E-state index is -1.26. The van der Waals surface area contributed by atoms with Gasteiger partial charge in [0.25, 0.3) is 5.91 Å². The summed E-state index contributed by atoms with van der Waals surface area (Å²) < 4.78 is 0. The molecule has 0 unspecified atom stereocenters. The summed E-state index contributed by atoms with van der Waals surface area (Å²) in [4.78, 5) is 26.7. The average Bonchev–Trinajstić information content (AvgIpc) is 2.30. The maximum Gasteiger partial charge on any atom is 0.405 e. The van der Waals surface area contributed by atoms with Crippen LogP contribution in [0.5, 0.6) is 0 Å². The molecule has 1 rings (SSSR count). The van der Waals surface area contributed by atoms with E-state index in [0.717, 1.165) is 0 Å². The molecular formula is C12H18N4O3.